The fourth-order valence-electron chi connectivity index (χ4n) is 0.924. The number of ether oxygens (including phenoxy) is 1. The van der Waals surface area contributed by atoms with E-state index < -0.39 is 29.6 Å². The number of carbonyl (C=O) groups is 2. The number of alkyl carbamates (subject to hydrolysis) is 1. The molecule has 0 spiro atoms. The van der Waals surface area contributed by atoms with Gasteiger partial charge in [-0.25, -0.2) is 4.79 Å². The van der Waals surface area contributed by atoms with Gasteiger partial charge in [0.1, 0.15) is 11.7 Å². The normalized spacial score (nSPS) is 15.3. The van der Waals surface area contributed by atoms with Crippen molar-refractivity contribution in [3.05, 3.63) is 0 Å². The molecule has 1 unspecified atom stereocenters. The van der Waals surface area contributed by atoms with Crippen LogP contribution in [0.1, 0.15) is 34.6 Å². The van der Waals surface area contributed by atoms with Gasteiger partial charge in [-0.15, -0.1) is 0 Å². The predicted octanol–water partition coefficient (Wildman–Crippen LogP) is 0.849. The number of Topliss-reactive ketones (excluding diaryl/α,β-unsaturated/α-hetero) is 1. The number of ketones is 1. The summed E-state index contributed by atoms with van der Waals surface area (Å²) < 4.78 is 4.97. The number of nitrogens with one attached hydrogen (secondary N) is 1. The first-order chi connectivity index (χ1) is 6.63. The predicted molar refractivity (Wildman–Crippen MR) is 55.5 cm³/mol. The summed E-state index contributed by atoms with van der Waals surface area (Å²) in [5.41, 5.74) is -0.592. The van der Waals surface area contributed by atoms with Crippen LogP contribution in [0.3, 0.4) is 0 Å². The average Bonchev–Trinajstić information content (AvgIpc) is 1.98. The van der Waals surface area contributed by atoms with Crippen LogP contribution in [0.2, 0.25) is 0 Å². The number of hydrogen-bond donors (Lipinski definition) is 2. The second kappa shape index (κ2) is 5.11. The summed E-state index contributed by atoms with van der Waals surface area (Å²) in [5, 5.41) is 11.7. The lowest BCUT2D eigenvalue weighted by Crippen LogP contribution is -2.46. The largest absolute Gasteiger partial charge is 0.444 e. The molecule has 0 aliphatic carbocycles. The van der Waals surface area contributed by atoms with Crippen molar-refractivity contribution in [3.63, 3.8) is 0 Å². The first kappa shape index (κ1) is 13.9. The van der Waals surface area contributed by atoms with E-state index in [0.717, 1.165) is 0 Å². The molecule has 0 bridgehead atoms. The fraction of sp³-hybridized carbons (Fsp3) is 0.800. The molecule has 88 valence electrons. The molecule has 15 heavy (non-hydrogen) atoms. The summed E-state index contributed by atoms with van der Waals surface area (Å²) in [6, 6.07) is -0.655. The lowest BCUT2D eigenvalue weighted by atomic mass is 10.1. The van der Waals surface area contributed by atoms with Gasteiger partial charge in [0.05, 0.1) is 6.04 Å². The Balaban J connectivity index is 4.13. The highest BCUT2D eigenvalue weighted by molar-refractivity contribution is 5.81. The van der Waals surface area contributed by atoms with Crippen molar-refractivity contribution in [2.24, 2.45) is 0 Å². The zero-order chi connectivity index (χ0) is 12.2. The van der Waals surface area contributed by atoms with E-state index in [-0.39, 0.29) is 0 Å². The smallest absolute Gasteiger partial charge is 0.407 e. The van der Waals surface area contributed by atoms with Crippen LogP contribution in [0.25, 0.3) is 0 Å². The highest BCUT2D eigenvalue weighted by Crippen LogP contribution is 2.07. The van der Waals surface area contributed by atoms with Gasteiger partial charge in [0, 0.05) is 0 Å². The molecule has 0 aromatic heterocycles. The Labute approximate surface area is 89.8 Å². The first-order valence-electron chi connectivity index (χ1n) is 4.81. The summed E-state index contributed by atoms with van der Waals surface area (Å²) in [7, 11) is 0. The van der Waals surface area contributed by atoms with Crippen LogP contribution in [0, 0.1) is 0 Å². The molecule has 0 radical (unpaired) electrons. The van der Waals surface area contributed by atoms with Crippen LogP contribution in [-0.2, 0) is 9.53 Å². The number of rotatable bonds is 3. The van der Waals surface area contributed by atoms with Crippen molar-refractivity contribution in [1.82, 2.24) is 5.32 Å². The second-order valence-electron chi connectivity index (χ2n) is 4.49. The summed E-state index contributed by atoms with van der Waals surface area (Å²) in [4.78, 5) is 22.1. The highest BCUT2D eigenvalue weighted by Gasteiger charge is 2.23. The van der Waals surface area contributed by atoms with Crippen molar-refractivity contribution < 1.29 is 19.4 Å². The summed E-state index contributed by atoms with van der Waals surface area (Å²) >= 11 is 0. The minimum atomic E-state index is -1.20. The molecule has 5 heteroatoms. The Kier molecular flexibility index (Phi) is 4.74. The Morgan fingerprint density at radius 3 is 2.13 bits per heavy atom. The van der Waals surface area contributed by atoms with Crippen LogP contribution in [-0.4, -0.2) is 34.7 Å². The van der Waals surface area contributed by atoms with Gasteiger partial charge in [-0.05, 0) is 34.6 Å². The molecule has 2 N–H and O–H groups in total. The molecule has 0 rings (SSSR count). The van der Waals surface area contributed by atoms with E-state index >= 15 is 0 Å². The number of hydrogen-bond acceptors (Lipinski definition) is 4. The third-order valence-electron chi connectivity index (χ3n) is 1.63. The number of aliphatic hydroxyl groups excluding tert-OH is 1. The number of aliphatic hydroxyl groups is 1. The Morgan fingerprint density at radius 1 is 1.33 bits per heavy atom. The Bertz CT molecular complexity index is 244. The van der Waals surface area contributed by atoms with E-state index in [1.807, 2.05) is 0 Å². The summed E-state index contributed by atoms with van der Waals surface area (Å²) in [6.45, 7) is 8.00. The molecule has 0 saturated heterocycles. The lowest BCUT2D eigenvalue weighted by Gasteiger charge is -2.23. The monoisotopic (exact) mass is 217 g/mol. The SMILES string of the molecule is CC(=O)[C@@H](O)C(C)NC(=O)OC(C)(C)C. The first-order valence-corrected chi connectivity index (χ1v) is 4.81. The third kappa shape index (κ3) is 6.06. The van der Waals surface area contributed by atoms with Gasteiger partial charge in [-0.3, -0.25) is 4.79 Å². The van der Waals surface area contributed by atoms with Gasteiger partial charge in [0.2, 0.25) is 0 Å². The average molecular weight is 217 g/mol. The molecule has 0 aliphatic heterocycles. The van der Waals surface area contributed by atoms with E-state index in [9.17, 15) is 14.7 Å². The van der Waals surface area contributed by atoms with Gasteiger partial charge in [0.25, 0.3) is 0 Å². The van der Waals surface area contributed by atoms with Gasteiger partial charge in [0.15, 0.2) is 5.78 Å². The van der Waals surface area contributed by atoms with Crippen LogP contribution in [0.15, 0.2) is 0 Å². The van der Waals surface area contributed by atoms with E-state index in [0.29, 0.717) is 0 Å². The van der Waals surface area contributed by atoms with Crippen LogP contribution in [0.4, 0.5) is 4.79 Å². The zero-order valence-electron chi connectivity index (χ0n) is 9.83. The van der Waals surface area contributed by atoms with E-state index in [2.05, 4.69) is 5.32 Å². The molecule has 5 nitrogen and oxygen atoms in total. The van der Waals surface area contributed by atoms with Crippen molar-refractivity contribution in [3.8, 4) is 0 Å². The van der Waals surface area contributed by atoms with Gasteiger partial charge < -0.3 is 15.2 Å². The molecule has 0 heterocycles. The highest BCUT2D eigenvalue weighted by atomic mass is 16.6. The minimum Gasteiger partial charge on any atom is -0.444 e. The minimum absolute atomic E-state index is 0.390. The van der Waals surface area contributed by atoms with Crippen molar-refractivity contribution in [2.75, 3.05) is 0 Å². The van der Waals surface area contributed by atoms with Crippen molar-refractivity contribution in [2.45, 2.75) is 52.4 Å². The van der Waals surface area contributed by atoms with Crippen molar-refractivity contribution in [1.29, 1.82) is 0 Å². The fourth-order valence-corrected chi connectivity index (χ4v) is 0.924. The lowest BCUT2D eigenvalue weighted by molar-refractivity contribution is -0.125. The Hall–Kier alpha value is -1.10. The van der Waals surface area contributed by atoms with Gasteiger partial charge in [-0.2, -0.15) is 0 Å². The summed E-state index contributed by atoms with van der Waals surface area (Å²) in [5.74, 6) is -0.390. The van der Waals surface area contributed by atoms with Crippen molar-refractivity contribution >= 4 is 11.9 Å². The molecule has 2 atom stereocenters. The molecule has 0 aliphatic rings. The van der Waals surface area contributed by atoms with Crippen LogP contribution in [0.5, 0.6) is 0 Å². The van der Waals surface area contributed by atoms with Crippen LogP contribution < -0.4 is 5.32 Å². The second-order valence-corrected chi connectivity index (χ2v) is 4.49. The number of amides is 1. The van der Waals surface area contributed by atoms with E-state index in [1.54, 1.807) is 20.8 Å². The maximum absolute atomic E-state index is 11.2. The van der Waals surface area contributed by atoms with Crippen LogP contribution >= 0.6 is 0 Å². The molecule has 0 aromatic rings. The standard InChI is InChI=1S/C10H19NO4/c1-6(8(13)7(2)12)11-9(14)15-10(3,4)5/h6,8,13H,1-5H3,(H,11,14)/t6?,8-/m0/s1. The number of carbonyl (C=O) groups excluding carboxylic acids is 2. The topological polar surface area (TPSA) is 75.6 Å². The third-order valence-corrected chi connectivity index (χ3v) is 1.63. The Morgan fingerprint density at radius 2 is 1.80 bits per heavy atom. The quantitative estimate of drug-likeness (QED) is 0.734. The van der Waals surface area contributed by atoms with Gasteiger partial charge >= 0.3 is 6.09 Å². The zero-order valence-corrected chi connectivity index (χ0v) is 9.83. The van der Waals surface area contributed by atoms with E-state index in [1.165, 1.54) is 13.8 Å². The summed E-state index contributed by atoms with van der Waals surface area (Å²) in [6.07, 6.45) is -1.84. The maximum atomic E-state index is 11.2. The maximum Gasteiger partial charge on any atom is 0.407 e. The molecule has 1 amide bonds. The molecular weight excluding hydrogens is 198 g/mol. The molecule has 0 saturated carbocycles. The van der Waals surface area contributed by atoms with E-state index in [4.69, 9.17) is 4.74 Å². The molecule has 0 fully saturated rings. The molecule has 0 aromatic carbocycles. The van der Waals surface area contributed by atoms with Gasteiger partial charge in [-0.1, -0.05) is 0 Å². The molecular formula is C10H19NO4.